The summed E-state index contributed by atoms with van der Waals surface area (Å²) >= 11 is 0. The fourth-order valence-electron chi connectivity index (χ4n) is 1.40. The maximum Gasteiger partial charge on any atom is 0.416 e. The van der Waals surface area contributed by atoms with Crippen LogP contribution in [0.15, 0.2) is 24.3 Å². The van der Waals surface area contributed by atoms with Crippen LogP contribution in [0.25, 0.3) is 0 Å². The van der Waals surface area contributed by atoms with Crippen LogP contribution in [0.1, 0.15) is 31.4 Å². The molecule has 0 fully saturated rings. The maximum absolute atomic E-state index is 12.6. The predicted molar refractivity (Wildman–Crippen MR) is 54.4 cm³/mol. The lowest BCUT2D eigenvalue weighted by Crippen LogP contribution is -2.09. The molecule has 0 aliphatic carbocycles. The number of alkyl halides is 3. The second kappa shape index (κ2) is 4.69. The second-order valence-corrected chi connectivity index (χ2v) is 3.86. The van der Waals surface area contributed by atoms with E-state index in [0.717, 1.165) is 12.0 Å². The van der Waals surface area contributed by atoms with Gasteiger partial charge in [-0.25, -0.2) is 0 Å². The van der Waals surface area contributed by atoms with Gasteiger partial charge in [0.15, 0.2) is 0 Å². The van der Waals surface area contributed by atoms with Crippen LogP contribution in [0.4, 0.5) is 13.2 Å². The van der Waals surface area contributed by atoms with Gasteiger partial charge < -0.3 is 0 Å². The Labute approximate surface area is 88.1 Å². The number of benzene rings is 1. The van der Waals surface area contributed by atoms with E-state index in [2.05, 4.69) is 0 Å². The van der Waals surface area contributed by atoms with Gasteiger partial charge in [-0.2, -0.15) is 13.2 Å². The van der Waals surface area contributed by atoms with Gasteiger partial charge in [-0.1, -0.05) is 32.0 Å². The Bertz CT molecular complexity index is 313. The lowest BCUT2D eigenvalue weighted by molar-refractivity contribution is -0.138. The van der Waals surface area contributed by atoms with Crippen molar-refractivity contribution in [2.75, 3.05) is 0 Å². The standard InChI is InChI=1S/C12H14F3/c1-9(2)7-8-10-5-3-4-6-11(10)12(13,14)15/h3-6H,7-8H2,1-2H3. The largest absolute Gasteiger partial charge is 0.416 e. The molecule has 0 amide bonds. The maximum atomic E-state index is 12.6. The summed E-state index contributed by atoms with van der Waals surface area (Å²) in [6.45, 7) is 3.85. The van der Waals surface area contributed by atoms with E-state index in [1.165, 1.54) is 6.07 Å². The van der Waals surface area contributed by atoms with Crippen molar-refractivity contribution in [3.63, 3.8) is 0 Å². The van der Waals surface area contributed by atoms with Crippen LogP contribution in [-0.2, 0) is 12.6 Å². The van der Waals surface area contributed by atoms with Gasteiger partial charge in [-0.05, 0) is 30.4 Å². The van der Waals surface area contributed by atoms with Gasteiger partial charge in [0.25, 0.3) is 0 Å². The molecule has 0 aliphatic heterocycles. The summed E-state index contributed by atoms with van der Waals surface area (Å²) in [7, 11) is 0. The van der Waals surface area contributed by atoms with E-state index in [1.807, 2.05) is 13.8 Å². The monoisotopic (exact) mass is 215 g/mol. The summed E-state index contributed by atoms with van der Waals surface area (Å²) in [5, 5.41) is 0. The molecule has 15 heavy (non-hydrogen) atoms. The summed E-state index contributed by atoms with van der Waals surface area (Å²) in [6, 6.07) is 5.76. The lowest BCUT2D eigenvalue weighted by Gasteiger charge is -2.13. The molecule has 0 nitrogen and oxygen atoms in total. The van der Waals surface area contributed by atoms with Crippen LogP contribution in [-0.4, -0.2) is 0 Å². The highest BCUT2D eigenvalue weighted by Crippen LogP contribution is 2.32. The predicted octanol–water partition coefficient (Wildman–Crippen LogP) is 4.25. The third-order valence-electron chi connectivity index (χ3n) is 2.22. The van der Waals surface area contributed by atoms with E-state index in [0.29, 0.717) is 18.4 Å². The normalized spacial score (nSPS) is 12.1. The molecule has 0 aromatic heterocycles. The van der Waals surface area contributed by atoms with Gasteiger partial charge in [0.1, 0.15) is 0 Å². The van der Waals surface area contributed by atoms with Gasteiger partial charge in [-0.15, -0.1) is 0 Å². The molecule has 0 aliphatic rings. The van der Waals surface area contributed by atoms with Crippen LogP contribution in [0.2, 0.25) is 0 Å². The Hall–Kier alpha value is -0.990. The minimum absolute atomic E-state index is 0.381. The zero-order valence-corrected chi connectivity index (χ0v) is 8.86. The molecule has 0 heterocycles. The van der Waals surface area contributed by atoms with E-state index in [1.54, 1.807) is 12.1 Å². The number of aryl methyl sites for hydroxylation is 1. The third-order valence-corrected chi connectivity index (χ3v) is 2.22. The first-order valence-electron chi connectivity index (χ1n) is 4.85. The Morgan fingerprint density at radius 1 is 1.13 bits per heavy atom. The second-order valence-electron chi connectivity index (χ2n) is 3.86. The zero-order valence-electron chi connectivity index (χ0n) is 8.86. The smallest absolute Gasteiger partial charge is 0.166 e. The molecule has 0 unspecified atom stereocenters. The van der Waals surface area contributed by atoms with Crippen molar-refractivity contribution in [2.24, 2.45) is 0 Å². The summed E-state index contributed by atoms with van der Waals surface area (Å²) in [5.41, 5.74) is -0.127. The molecule has 0 spiro atoms. The molecule has 1 rings (SSSR count). The van der Waals surface area contributed by atoms with Crippen LogP contribution < -0.4 is 0 Å². The highest BCUT2D eigenvalue weighted by atomic mass is 19.4. The van der Waals surface area contributed by atoms with Crippen LogP contribution in [0.3, 0.4) is 0 Å². The van der Waals surface area contributed by atoms with Crippen molar-refractivity contribution < 1.29 is 13.2 Å². The van der Waals surface area contributed by atoms with Crippen LogP contribution in [0.5, 0.6) is 0 Å². The van der Waals surface area contributed by atoms with Gasteiger partial charge >= 0.3 is 6.18 Å². The average Bonchev–Trinajstić information content (AvgIpc) is 2.13. The van der Waals surface area contributed by atoms with E-state index in [4.69, 9.17) is 0 Å². The first kappa shape index (κ1) is 12.1. The number of hydrogen-bond acceptors (Lipinski definition) is 0. The molecule has 83 valence electrons. The number of hydrogen-bond donors (Lipinski definition) is 0. The molecule has 3 heteroatoms. The fraction of sp³-hybridized carbons (Fsp3) is 0.417. The molecule has 0 bridgehead atoms. The zero-order chi connectivity index (χ0) is 11.5. The molecule has 0 N–H and O–H groups in total. The molecule has 0 saturated heterocycles. The topological polar surface area (TPSA) is 0 Å². The summed E-state index contributed by atoms with van der Waals surface area (Å²) in [6.07, 6.45) is -3.08. The molecule has 0 atom stereocenters. The average molecular weight is 215 g/mol. The highest BCUT2D eigenvalue weighted by Gasteiger charge is 2.32. The first-order chi connectivity index (χ1) is 6.91. The molecular weight excluding hydrogens is 201 g/mol. The van der Waals surface area contributed by atoms with E-state index in [-0.39, 0.29) is 0 Å². The minimum atomic E-state index is -4.24. The van der Waals surface area contributed by atoms with Gasteiger partial charge in [0, 0.05) is 0 Å². The van der Waals surface area contributed by atoms with Gasteiger partial charge in [0.05, 0.1) is 5.56 Å². The van der Waals surface area contributed by atoms with E-state index in [9.17, 15) is 13.2 Å². The number of rotatable bonds is 3. The van der Waals surface area contributed by atoms with Crippen molar-refractivity contribution in [1.82, 2.24) is 0 Å². The lowest BCUT2D eigenvalue weighted by atomic mass is 9.98. The Kier molecular flexibility index (Phi) is 3.77. The molecule has 0 saturated carbocycles. The minimum Gasteiger partial charge on any atom is -0.166 e. The fourth-order valence-corrected chi connectivity index (χ4v) is 1.40. The third kappa shape index (κ3) is 3.57. The number of halogens is 3. The van der Waals surface area contributed by atoms with Crippen molar-refractivity contribution in [2.45, 2.75) is 32.9 Å². The summed E-state index contributed by atoms with van der Waals surface area (Å²) in [5.74, 6) is 1.15. The molecule has 1 radical (unpaired) electrons. The van der Waals surface area contributed by atoms with Crippen molar-refractivity contribution in [3.8, 4) is 0 Å². The Morgan fingerprint density at radius 2 is 1.73 bits per heavy atom. The Morgan fingerprint density at radius 3 is 2.27 bits per heavy atom. The Balaban J connectivity index is 2.87. The molecule has 1 aromatic rings. The molecule has 1 aromatic carbocycles. The van der Waals surface area contributed by atoms with Gasteiger partial charge in [-0.3, -0.25) is 0 Å². The highest BCUT2D eigenvalue weighted by molar-refractivity contribution is 5.30. The van der Waals surface area contributed by atoms with Crippen molar-refractivity contribution in [3.05, 3.63) is 41.3 Å². The summed E-state index contributed by atoms with van der Waals surface area (Å²) in [4.78, 5) is 0. The van der Waals surface area contributed by atoms with E-state index < -0.39 is 11.7 Å². The first-order valence-corrected chi connectivity index (χ1v) is 4.85. The van der Waals surface area contributed by atoms with E-state index >= 15 is 0 Å². The molecular formula is C12H14F3. The SMILES string of the molecule is C[C](C)CCc1ccccc1C(F)(F)F. The van der Waals surface area contributed by atoms with Gasteiger partial charge in [0.2, 0.25) is 0 Å². The van der Waals surface area contributed by atoms with Crippen molar-refractivity contribution in [1.29, 1.82) is 0 Å². The quantitative estimate of drug-likeness (QED) is 0.707. The van der Waals surface area contributed by atoms with Crippen LogP contribution >= 0.6 is 0 Å². The van der Waals surface area contributed by atoms with Crippen LogP contribution in [0, 0.1) is 5.92 Å². The summed E-state index contributed by atoms with van der Waals surface area (Å²) < 4.78 is 37.7. The van der Waals surface area contributed by atoms with Crippen molar-refractivity contribution >= 4 is 0 Å².